The normalized spacial score (nSPS) is 10.9. The highest BCUT2D eigenvalue weighted by Crippen LogP contribution is 2.13. The Balaban J connectivity index is 1.84. The van der Waals surface area contributed by atoms with Gasteiger partial charge < -0.3 is 9.64 Å². The van der Waals surface area contributed by atoms with Crippen molar-refractivity contribution < 1.29 is 9.53 Å². The van der Waals surface area contributed by atoms with Crippen LogP contribution in [0.3, 0.4) is 0 Å². The predicted octanol–water partition coefficient (Wildman–Crippen LogP) is 1.59. The van der Waals surface area contributed by atoms with Crippen LogP contribution in [0.1, 0.15) is 11.4 Å². The van der Waals surface area contributed by atoms with Crippen LogP contribution in [0.25, 0.3) is 11.2 Å². The fourth-order valence-electron chi connectivity index (χ4n) is 2.53. The molecule has 26 heavy (non-hydrogen) atoms. The molecule has 1 aromatic carbocycles. The minimum Gasteiger partial charge on any atom is -0.493 e. The zero-order valence-corrected chi connectivity index (χ0v) is 15.3. The van der Waals surface area contributed by atoms with Gasteiger partial charge in [-0.05, 0) is 19.1 Å². The Morgan fingerprint density at radius 1 is 1.23 bits per heavy atom. The zero-order chi connectivity index (χ0) is 18.8. The molecule has 0 aliphatic rings. The lowest BCUT2D eigenvalue weighted by atomic mass is 10.2. The molecule has 0 saturated heterocycles. The van der Waals surface area contributed by atoms with Gasteiger partial charge in [-0.1, -0.05) is 17.7 Å². The number of benzene rings is 1. The van der Waals surface area contributed by atoms with Gasteiger partial charge in [-0.3, -0.25) is 4.57 Å². The van der Waals surface area contributed by atoms with Gasteiger partial charge >= 0.3 is 11.7 Å². The predicted molar refractivity (Wildman–Crippen MR) is 97.6 cm³/mol. The van der Waals surface area contributed by atoms with E-state index in [9.17, 15) is 9.59 Å². The van der Waals surface area contributed by atoms with Crippen LogP contribution in [-0.4, -0.2) is 50.7 Å². The summed E-state index contributed by atoms with van der Waals surface area (Å²) in [5, 5.41) is 0. The van der Waals surface area contributed by atoms with Gasteiger partial charge in [0.05, 0.1) is 12.8 Å². The molecule has 0 N–H and O–H groups in total. The monoisotopic (exact) mass is 355 g/mol. The molecule has 8 nitrogen and oxygen atoms in total. The second kappa shape index (κ2) is 6.99. The molecular weight excluding hydrogens is 334 g/mol. The maximum atomic E-state index is 12.4. The Labute approximate surface area is 150 Å². The first-order valence-corrected chi connectivity index (χ1v) is 8.23. The van der Waals surface area contributed by atoms with Gasteiger partial charge in [-0.25, -0.2) is 19.6 Å². The number of rotatable bonds is 4. The minimum atomic E-state index is -0.443. The van der Waals surface area contributed by atoms with Crippen LogP contribution in [0.2, 0.25) is 0 Å². The highest BCUT2D eigenvalue weighted by Gasteiger charge is 2.20. The van der Waals surface area contributed by atoms with Crippen LogP contribution < -0.4 is 10.4 Å². The summed E-state index contributed by atoms with van der Waals surface area (Å²) in [6.45, 7) is 2.41. The van der Waals surface area contributed by atoms with E-state index >= 15 is 0 Å². The van der Waals surface area contributed by atoms with E-state index in [0.717, 1.165) is 10.3 Å². The van der Waals surface area contributed by atoms with E-state index in [1.807, 2.05) is 31.2 Å². The molecule has 0 unspecified atom stereocenters. The van der Waals surface area contributed by atoms with E-state index in [1.54, 1.807) is 27.3 Å². The number of aromatic nitrogens is 4. The Kier molecular flexibility index (Phi) is 4.75. The van der Waals surface area contributed by atoms with Crippen molar-refractivity contribution in [3.05, 3.63) is 52.3 Å². The van der Waals surface area contributed by atoms with Crippen molar-refractivity contribution in [3.8, 4) is 5.75 Å². The summed E-state index contributed by atoms with van der Waals surface area (Å²) < 4.78 is 8.11. The number of imidazole rings is 1. The molecule has 2 aromatic heterocycles. The van der Waals surface area contributed by atoms with E-state index < -0.39 is 11.7 Å². The lowest BCUT2D eigenvalue weighted by Crippen LogP contribution is -2.35. The summed E-state index contributed by atoms with van der Waals surface area (Å²) >= 11 is 0. The highest BCUT2D eigenvalue weighted by atomic mass is 16.5. The van der Waals surface area contributed by atoms with Gasteiger partial charge in [0.15, 0.2) is 5.65 Å². The second-order valence-corrected chi connectivity index (χ2v) is 6.26. The molecule has 1 amide bonds. The lowest BCUT2D eigenvalue weighted by molar-refractivity contribution is 0.219. The summed E-state index contributed by atoms with van der Waals surface area (Å²) in [6, 6.07) is 7.33. The van der Waals surface area contributed by atoms with E-state index in [2.05, 4.69) is 9.97 Å². The SMILES string of the molecule is Cc1ccc(OCCc2ncc3c(n2)n(C(=O)N(C)C)c(=O)n3C)cc1. The maximum Gasteiger partial charge on any atom is 0.338 e. The molecule has 0 atom stereocenters. The summed E-state index contributed by atoms with van der Waals surface area (Å²) in [6.07, 6.45) is 2.02. The summed E-state index contributed by atoms with van der Waals surface area (Å²) in [5.41, 5.74) is 1.53. The van der Waals surface area contributed by atoms with Crippen LogP contribution in [0.5, 0.6) is 5.75 Å². The number of fused-ring (bicyclic) bond motifs is 1. The van der Waals surface area contributed by atoms with Crippen molar-refractivity contribution in [1.29, 1.82) is 0 Å². The van der Waals surface area contributed by atoms with E-state index in [0.29, 0.717) is 30.0 Å². The number of hydrogen-bond acceptors (Lipinski definition) is 5. The second-order valence-electron chi connectivity index (χ2n) is 6.26. The molecule has 3 aromatic rings. The third kappa shape index (κ3) is 3.30. The molecule has 0 aliphatic carbocycles. The van der Waals surface area contributed by atoms with Gasteiger partial charge in [0.1, 0.15) is 17.1 Å². The first-order chi connectivity index (χ1) is 12.4. The average molecular weight is 355 g/mol. The van der Waals surface area contributed by atoms with E-state index in [-0.39, 0.29) is 0 Å². The van der Waals surface area contributed by atoms with Crippen LogP contribution in [0.4, 0.5) is 4.79 Å². The molecule has 0 spiro atoms. The number of nitrogens with zero attached hydrogens (tertiary/aromatic N) is 5. The van der Waals surface area contributed by atoms with Gasteiger partial charge in [0, 0.05) is 27.6 Å². The molecule has 8 heteroatoms. The summed E-state index contributed by atoms with van der Waals surface area (Å²) in [7, 11) is 4.77. The summed E-state index contributed by atoms with van der Waals surface area (Å²) in [5.74, 6) is 1.28. The fraction of sp³-hybridized carbons (Fsp3) is 0.333. The van der Waals surface area contributed by atoms with Crippen molar-refractivity contribution in [3.63, 3.8) is 0 Å². The minimum absolute atomic E-state index is 0.302. The maximum absolute atomic E-state index is 12.4. The Morgan fingerprint density at radius 2 is 1.92 bits per heavy atom. The zero-order valence-electron chi connectivity index (χ0n) is 15.3. The molecular formula is C18H21N5O3. The fourth-order valence-corrected chi connectivity index (χ4v) is 2.53. The third-order valence-electron chi connectivity index (χ3n) is 4.04. The number of carbonyl (C=O) groups excluding carboxylic acids is 1. The van der Waals surface area contributed by atoms with Gasteiger partial charge in [-0.15, -0.1) is 0 Å². The van der Waals surface area contributed by atoms with E-state index in [4.69, 9.17) is 4.74 Å². The van der Waals surface area contributed by atoms with Crippen molar-refractivity contribution in [2.45, 2.75) is 13.3 Å². The number of carbonyl (C=O) groups is 1. The quantitative estimate of drug-likeness (QED) is 0.710. The first-order valence-electron chi connectivity index (χ1n) is 8.23. The van der Waals surface area contributed by atoms with Crippen molar-refractivity contribution in [2.24, 2.45) is 7.05 Å². The average Bonchev–Trinajstić information content (AvgIpc) is 2.86. The number of hydrogen-bond donors (Lipinski definition) is 0. The number of amides is 1. The molecule has 0 fully saturated rings. The Hall–Kier alpha value is -3.16. The van der Waals surface area contributed by atoms with E-state index in [1.165, 1.54) is 15.0 Å². The smallest absolute Gasteiger partial charge is 0.338 e. The molecule has 0 saturated carbocycles. The van der Waals surface area contributed by atoms with Crippen molar-refractivity contribution in [2.75, 3.05) is 20.7 Å². The lowest BCUT2D eigenvalue weighted by Gasteiger charge is -2.10. The van der Waals surface area contributed by atoms with Crippen LogP contribution >= 0.6 is 0 Å². The van der Waals surface area contributed by atoms with Gasteiger partial charge in [0.25, 0.3) is 0 Å². The number of aryl methyl sites for hydroxylation is 2. The van der Waals surface area contributed by atoms with Gasteiger partial charge in [-0.2, -0.15) is 4.57 Å². The number of ether oxygens (including phenoxy) is 1. The van der Waals surface area contributed by atoms with Crippen LogP contribution in [0, 0.1) is 6.92 Å². The largest absolute Gasteiger partial charge is 0.493 e. The highest BCUT2D eigenvalue weighted by molar-refractivity contribution is 5.86. The standard InChI is InChI=1S/C18H21N5O3/c1-12-5-7-13(8-6-12)26-10-9-15-19-11-14-16(20-15)23(17(24)21(2)3)18(25)22(14)4/h5-8,11H,9-10H2,1-4H3. The molecule has 0 radical (unpaired) electrons. The van der Waals surface area contributed by atoms with Crippen molar-refractivity contribution in [1.82, 2.24) is 24.0 Å². The third-order valence-corrected chi connectivity index (χ3v) is 4.04. The molecule has 3 rings (SSSR count). The Bertz CT molecular complexity index is 1000. The molecule has 2 heterocycles. The van der Waals surface area contributed by atoms with Crippen LogP contribution in [0.15, 0.2) is 35.3 Å². The Morgan fingerprint density at radius 3 is 2.58 bits per heavy atom. The summed E-state index contributed by atoms with van der Waals surface area (Å²) in [4.78, 5) is 34.7. The molecule has 0 aliphatic heterocycles. The van der Waals surface area contributed by atoms with Crippen molar-refractivity contribution >= 4 is 17.2 Å². The first kappa shape index (κ1) is 17.7. The molecule has 0 bridgehead atoms. The van der Waals surface area contributed by atoms with Crippen LogP contribution in [-0.2, 0) is 13.5 Å². The topological polar surface area (TPSA) is 82.2 Å². The molecule has 136 valence electrons. The van der Waals surface area contributed by atoms with Gasteiger partial charge in [0.2, 0.25) is 0 Å².